The summed E-state index contributed by atoms with van der Waals surface area (Å²) in [5.41, 5.74) is 3.78. The molecule has 0 aromatic heterocycles. The van der Waals surface area contributed by atoms with E-state index in [1.54, 1.807) is 30.3 Å². The molecule has 0 radical (unpaired) electrons. The van der Waals surface area contributed by atoms with Crippen LogP contribution in [0.25, 0.3) is 10.8 Å². The number of hydrazone groups is 1. The third-order valence-corrected chi connectivity index (χ3v) is 8.00. The maximum Gasteiger partial charge on any atom is 0.343 e. The van der Waals surface area contributed by atoms with E-state index < -0.39 is 21.9 Å². The van der Waals surface area contributed by atoms with E-state index in [1.165, 1.54) is 54.7 Å². The van der Waals surface area contributed by atoms with Gasteiger partial charge in [0.25, 0.3) is 15.9 Å². The van der Waals surface area contributed by atoms with Gasteiger partial charge in [0.15, 0.2) is 0 Å². The van der Waals surface area contributed by atoms with E-state index in [0.717, 1.165) is 10.8 Å². The number of anilines is 1. The number of amides is 1. The number of fused-ring (bicyclic) bond motifs is 1. The summed E-state index contributed by atoms with van der Waals surface area (Å²) in [4.78, 5) is 25.6. The Bertz CT molecular complexity index is 1910. The Balaban J connectivity index is 1.31. The molecule has 5 aromatic rings. The predicted molar refractivity (Wildman–Crippen MR) is 164 cm³/mol. The zero-order valence-electron chi connectivity index (χ0n) is 21.6. The monoisotopic (exact) mass is 617 g/mol. The SMILES string of the molecule is O=C(NN=Cc1c(OC(=O)c2ccc(Cl)cc2)ccc2ccccc12)c1ccc(NS(=O)(=O)c2ccc(Cl)cc2)cc1. The van der Waals surface area contributed by atoms with Crippen molar-refractivity contribution in [1.82, 2.24) is 5.43 Å². The van der Waals surface area contributed by atoms with Crippen LogP contribution in [0.2, 0.25) is 10.0 Å². The van der Waals surface area contributed by atoms with Gasteiger partial charge in [-0.3, -0.25) is 9.52 Å². The van der Waals surface area contributed by atoms with Crippen molar-refractivity contribution in [3.05, 3.63) is 136 Å². The molecule has 0 saturated heterocycles. The Labute approximate surface area is 251 Å². The van der Waals surface area contributed by atoms with Gasteiger partial charge in [0.1, 0.15) is 5.75 Å². The standard InChI is InChI=1S/C31H21Cl2N3O5S/c32-23-10-5-22(6-11-23)31(38)41-29-18-9-20-3-1-2-4-27(20)28(29)19-34-35-30(37)21-7-14-25(15-8-21)36-42(39,40)26-16-12-24(33)13-17-26/h1-19,36H,(H,35,37). The lowest BCUT2D eigenvalue weighted by Crippen LogP contribution is -2.18. The Hall–Kier alpha value is -4.70. The number of nitrogens with zero attached hydrogens (tertiary/aromatic N) is 1. The van der Waals surface area contributed by atoms with Gasteiger partial charge in [-0.2, -0.15) is 5.10 Å². The lowest BCUT2D eigenvalue weighted by molar-refractivity contribution is 0.0734. The van der Waals surface area contributed by atoms with Crippen LogP contribution in [0.1, 0.15) is 26.3 Å². The third kappa shape index (κ3) is 6.77. The number of halogens is 2. The van der Waals surface area contributed by atoms with Gasteiger partial charge in [-0.15, -0.1) is 0 Å². The molecule has 0 atom stereocenters. The summed E-state index contributed by atoms with van der Waals surface area (Å²) >= 11 is 11.8. The van der Waals surface area contributed by atoms with Crippen molar-refractivity contribution < 1.29 is 22.7 Å². The second-order valence-electron chi connectivity index (χ2n) is 8.93. The van der Waals surface area contributed by atoms with Gasteiger partial charge < -0.3 is 4.74 Å². The average Bonchev–Trinajstić information content (AvgIpc) is 2.98. The largest absolute Gasteiger partial charge is 0.422 e. The molecule has 42 heavy (non-hydrogen) atoms. The molecule has 0 aliphatic carbocycles. The fourth-order valence-corrected chi connectivity index (χ4v) is 5.29. The number of nitrogens with one attached hydrogen (secondary N) is 2. The molecule has 0 aliphatic heterocycles. The fraction of sp³-hybridized carbons (Fsp3) is 0. The van der Waals surface area contributed by atoms with E-state index >= 15 is 0 Å². The average molecular weight is 618 g/mol. The number of carbonyl (C=O) groups excluding carboxylic acids is 2. The first-order chi connectivity index (χ1) is 20.2. The van der Waals surface area contributed by atoms with Crippen molar-refractivity contribution in [1.29, 1.82) is 0 Å². The van der Waals surface area contributed by atoms with Crippen LogP contribution in [0.4, 0.5) is 5.69 Å². The number of esters is 1. The molecule has 2 N–H and O–H groups in total. The Morgan fingerprint density at radius 2 is 1.36 bits per heavy atom. The molecule has 0 unspecified atom stereocenters. The Morgan fingerprint density at radius 1 is 0.738 bits per heavy atom. The van der Waals surface area contributed by atoms with E-state index in [1.807, 2.05) is 30.3 Å². The second kappa shape index (κ2) is 12.4. The molecule has 0 saturated carbocycles. The number of benzene rings is 5. The van der Waals surface area contributed by atoms with Crippen molar-refractivity contribution in [2.24, 2.45) is 5.10 Å². The van der Waals surface area contributed by atoms with Crippen molar-refractivity contribution in [3.8, 4) is 5.75 Å². The van der Waals surface area contributed by atoms with Crippen molar-refractivity contribution >= 4 is 67.8 Å². The molecule has 0 bridgehead atoms. The minimum atomic E-state index is -3.83. The number of ether oxygens (including phenoxy) is 1. The summed E-state index contributed by atoms with van der Waals surface area (Å²) in [5, 5.41) is 6.65. The maximum absolute atomic E-state index is 12.8. The van der Waals surface area contributed by atoms with Crippen LogP contribution in [0, 0.1) is 0 Å². The highest BCUT2D eigenvalue weighted by molar-refractivity contribution is 7.92. The molecule has 5 rings (SSSR count). The van der Waals surface area contributed by atoms with E-state index in [9.17, 15) is 18.0 Å². The second-order valence-corrected chi connectivity index (χ2v) is 11.5. The molecule has 1 amide bonds. The van der Waals surface area contributed by atoms with Gasteiger partial charge in [-0.05, 0) is 89.6 Å². The third-order valence-electron chi connectivity index (χ3n) is 6.10. The number of hydrogen-bond acceptors (Lipinski definition) is 6. The van der Waals surface area contributed by atoms with Gasteiger partial charge in [0.05, 0.1) is 16.7 Å². The Morgan fingerprint density at radius 3 is 2.05 bits per heavy atom. The smallest absolute Gasteiger partial charge is 0.343 e. The molecule has 5 aromatic carbocycles. The first-order valence-corrected chi connectivity index (χ1v) is 14.6. The van der Waals surface area contributed by atoms with Gasteiger partial charge in [0, 0.05) is 26.9 Å². The van der Waals surface area contributed by atoms with E-state index in [-0.39, 0.29) is 21.9 Å². The van der Waals surface area contributed by atoms with Gasteiger partial charge in [0.2, 0.25) is 0 Å². The highest BCUT2D eigenvalue weighted by Gasteiger charge is 2.16. The zero-order chi connectivity index (χ0) is 29.7. The van der Waals surface area contributed by atoms with Crippen molar-refractivity contribution in [2.45, 2.75) is 4.90 Å². The van der Waals surface area contributed by atoms with Crippen LogP contribution >= 0.6 is 23.2 Å². The summed E-state index contributed by atoms with van der Waals surface area (Å²) in [6.45, 7) is 0. The van der Waals surface area contributed by atoms with Crippen LogP contribution in [0.15, 0.2) is 119 Å². The number of hydrogen-bond donors (Lipinski definition) is 2. The molecule has 0 aliphatic rings. The quantitative estimate of drug-likeness (QED) is 0.0848. The molecular weight excluding hydrogens is 597 g/mol. The molecule has 0 fully saturated rings. The minimum absolute atomic E-state index is 0.0507. The van der Waals surface area contributed by atoms with E-state index in [2.05, 4.69) is 15.2 Å². The highest BCUT2D eigenvalue weighted by Crippen LogP contribution is 2.28. The van der Waals surface area contributed by atoms with E-state index in [0.29, 0.717) is 21.2 Å². The summed E-state index contributed by atoms with van der Waals surface area (Å²) in [7, 11) is -3.83. The maximum atomic E-state index is 12.8. The van der Waals surface area contributed by atoms with Crippen molar-refractivity contribution in [2.75, 3.05) is 4.72 Å². The normalized spacial score (nSPS) is 11.4. The molecule has 11 heteroatoms. The molecule has 0 spiro atoms. The van der Waals surface area contributed by atoms with E-state index in [4.69, 9.17) is 27.9 Å². The van der Waals surface area contributed by atoms with Gasteiger partial charge in [-0.1, -0.05) is 53.5 Å². The van der Waals surface area contributed by atoms with Crippen LogP contribution in [0.5, 0.6) is 5.75 Å². The lowest BCUT2D eigenvalue weighted by atomic mass is 10.0. The van der Waals surface area contributed by atoms with Crippen LogP contribution in [0.3, 0.4) is 0 Å². The summed E-state index contributed by atoms with van der Waals surface area (Å²) in [6, 6.07) is 28.9. The zero-order valence-corrected chi connectivity index (χ0v) is 24.0. The fourth-order valence-electron chi connectivity index (χ4n) is 3.98. The summed E-state index contributed by atoms with van der Waals surface area (Å²) in [5.74, 6) is -0.852. The van der Waals surface area contributed by atoms with Gasteiger partial charge >= 0.3 is 5.97 Å². The first kappa shape index (κ1) is 28.8. The highest BCUT2D eigenvalue weighted by atomic mass is 35.5. The predicted octanol–water partition coefficient (Wildman–Crippen LogP) is 6.93. The van der Waals surface area contributed by atoms with Crippen LogP contribution in [-0.4, -0.2) is 26.5 Å². The lowest BCUT2D eigenvalue weighted by Gasteiger charge is -2.11. The molecule has 0 heterocycles. The molecular formula is C31H21Cl2N3O5S. The Kier molecular flexibility index (Phi) is 8.53. The molecule has 8 nitrogen and oxygen atoms in total. The molecule has 210 valence electrons. The number of carbonyl (C=O) groups is 2. The number of rotatable bonds is 8. The van der Waals surface area contributed by atoms with Crippen LogP contribution in [-0.2, 0) is 10.0 Å². The summed E-state index contributed by atoms with van der Waals surface area (Å²) in [6.07, 6.45) is 1.40. The van der Waals surface area contributed by atoms with Crippen molar-refractivity contribution in [3.63, 3.8) is 0 Å². The minimum Gasteiger partial charge on any atom is -0.422 e. The van der Waals surface area contributed by atoms with Crippen LogP contribution < -0.4 is 14.9 Å². The number of sulfonamides is 1. The topological polar surface area (TPSA) is 114 Å². The van der Waals surface area contributed by atoms with Gasteiger partial charge in [-0.25, -0.2) is 18.6 Å². The first-order valence-electron chi connectivity index (χ1n) is 12.4. The summed E-state index contributed by atoms with van der Waals surface area (Å²) < 4.78 is 33.3.